The molecule has 14 heteroatoms. The fourth-order valence-corrected chi connectivity index (χ4v) is 4.04. The maximum absolute atomic E-state index is 10.4. The van der Waals surface area contributed by atoms with Crippen LogP contribution in [0.15, 0.2) is 60.9 Å². The number of aryl methyl sites for hydroxylation is 2. The smallest absolute Gasteiger partial charge is 0.550 e. The summed E-state index contributed by atoms with van der Waals surface area (Å²) in [5.41, 5.74) is 3.55. The van der Waals surface area contributed by atoms with Crippen molar-refractivity contribution in [3.8, 4) is 34.0 Å². The zero-order chi connectivity index (χ0) is 28.7. The normalized spacial score (nSPS) is 9.95. The van der Waals surface area contributed by atoms with E-state index in [9.17, 15) is 19.8 Å². The van der Waals surface area contributed by atoms with Crippen LogP contribution in [-0.2, 0) is 22.7 Å². The molecule has 0 N–H and O–H groups in total. The number of ether oxygens (including phenoxy) is 2. The minimum absolute atomic E-state index is 0. The fraction of sp³-hybridized carbons (Fsp3) is 0.357. The van der Waals surface area contributed by atoms with Crippen LogP contribution in [0.2, 0.25) is 0 Å². The van der Waals surface area contributed by atoms with Crippen LogP contribution in [0.1, 0.15) is 38.5 Å². The second-order valence-corrected chi connectivity index (χ2v) is 8.74. The van der Waals surface area contributed by atoms with Crippen LogP contribution in [0.25, 0.3) is 22.5 Å². The number of carbonyl (C=O) groups is 2. The number of carboxylic acids is 2. The second-order valence-electron chi connectivity index (χ2n) is 8.74. The van der Waals surface area contributed by atoms with Gasteiger partial charge < -0.3 is 29.3 Å². The third-order valence-corrected chi connectivity index (χ3v) is 6.00. The summed E-state index contributed by atoms with van der Waals surface area (Å²) in [7, 11) is 3.24. The van der Waals surface area contributed by atoms with Crippen LogP contribution >= 0.6 is 0 Å². The number of aliphatic carboxylic acids is 2. The molecule has 2 aromatic carbocycles. The Bertz CT molecular complexity index is 1280. The molecule has 0 bridgehead atoms. The van der Waals surface area contributed by atoms with Crippen molar-refractivity contribution in [1.29, 1.82) is 0 Å². The van der Waals surface area contributed by atoms with Crippen molar-refractivity contribution in [3.63, 3.8) is 0 Å². The first-order chi connectivity index (χ1) is 19.4. The number of benzene rings is 2. The summed E-state index contributed by atoms with van der Waals surface area (Å²) < 4.78 is 14.2. The van der Waals surface area contributed by atoms with Crippen molar-refractivity contribution in [1.82, 2.24) is 30.0 Å². The summed E-state index contributed by atoms with van der Waals surface area (Å²) in [6, 6.07) is 15.3. The van der Waals surface area contributed by atoms with Crippen LogP contribution in [0.5, 0.6) is 11.5 Å². The molecule has 0 saturated heterocycles. The van der Waals surface area contributed by atoms with Gasteiger partial charge in [0.1, 0.15) is 11.5 Å². The molecule has 0 radical (unpaired) electrons. The first-order valence-electron chi connectivity index (χ1n) is 12.9. The molecule has 0 fully saturated rings. The number of aromatic nitrogens is 6. The summed E-state index contributed by atoms with van der Waals surface area (Å²) in [6.07, 6.45) is 6.03. The minimum Gasteiger partial charge on any atom is -0.550 e. The number of para-hydroxylation sites is 2. The minimum atomic E-state index is -1.02. The summed E-state index contributed by atoms with van der Waals surface area (Å²) in [5, 5.41) is 36.6. The van der Waals surface area contributed by atoms with Crippen molar-refractivity contribution in [2.24, 2.45) is 0 Å². The molecule has 0 aliphatic carbocycles. The van der Waals surface area contributed by atoms with E-state index in [0.29, 0.717) is 38.8 Å². The Balaban J connectivity index is 0.000000401. The molecule has 0 spiro atoms. The van der Waals surface area contributed by atoms with Gasteiger partial charge in [-0.25, -0.2) is 9.36 Å². The standard InChI is InChI=1S/2C14H17N3O3.2Na/c2*1-20-13-7-3-2-6-11(13)12-10-15-16-17(12)9-5-4-8-14(18)19;;/h2*2-3,6-7,10H,4-5,8-9H2,1H3,(H,18,19);;/q;;2*+1/p-2. The van der Waals surface area contributed by atoms with Crippen LogP contribution in [-0.4, -0.2) is 56.1 Å². The Labute approximate surface area is 289 Å². The van der Waals surface area contributed by atoms with Gasteiger partial charge in [0.25, 0.3) is 0 Å². The first-order valence-corrected chi connectivity index (χ1v) is 12.9. The van der Waals surface area contributed by atoms with Gasteiger partial charge in [-0.1, -0.05) is 34.7 Å². The Kier molecular flexibility index (Phi) is 17.9. The molecule has 0 saturated carbocycles. The van der Waals surface area contributed by atoms with E-state index >= 15 is 0 Å². The monoisotopic (exact) mass is 594 g/mol. The van der Waals surface area contributed by atoms with Crippen molar-refractivity contribution in [2.75, 3.05) is 14.2 Å². The molecule has 212 valence electrons. The molecule has 4 rings (SSSR count). The van der Waals surface area contributed by atoms with Gasteiger partial charge in [-0.15, -0.1) is 10.2 Å². The maximum Gasteiger partial charge on any atom is 1.00 e. The average Bonchev–Trinajstić information content (AvgIpc) is 3.63. The van der Waals surface area contributed by atoms with Gasteiger partial charge in [-0.2, -0.15) is 0 Å². The molecule has 0 aliphatic heterocycles. The molecule has 2 heterocycles. The van der Waals surface area contributed by atoms with Crippen molar-refractivity contribution < 1.29 is 88.4 Å². The van der Waals surface area contributed by atoms with Crippen molar-refractivity contribution in [2.45, 2.75) is 51.6 Å². The predicted octanol–water partition coefficient (Wildman–Crippen LogP) is -4.24. The zero-order valence-corrected chi connectivity index (χ0v) is 28.6. The number of hydrogen-bond acceptors (Lipinski definition) is 10. The number of carboxylic acid groups (broad SMARTS) is 2. The zero-order valence-electron chi connectivity index (χ0n) is 24.6. The number of rotatable bonds is 14. The number of methoxy groups -OCH3 is 2. The van der Waals surface area contributed by atoms with Gasteiger partial charge >= 0.3 is 59.1 Å². The third kappa shape index (κ3) is 11.5. The van der Waals surface area contributed by atoms with E-state index in [0.717, 1.165) is 34.0 Å². The molecule has 0 unspecified atom stereocenters. The number of hydrogen-bond donors (Lipinski definition) is 0. The number of nitrogens with zero attached hydrogens (tertiary/aromatic N) is 6. The summed E-state index contributed by atoms with van der Waals surface area (Å²) >= 11 is 0. The largest absolute Gasteiger partial charge is 1.00 e. The molecule has 42 heavy (non-hydrogen) atoms. The van der Waals surface area contributed by atoms with Gasteiger partial charge in [0.05, 0.1) is 38.0 Å². The topological polar surface area (TPSA) is 160 Å². The Morgan fingerprint density at radius 3 is 1.40 bits per heavy atom. The molecule has 2 aromatic heterocycles. The van der Waals surface area contributed by atoms with Gasteiger partial charge in [-0.05, 0) is 62.8 Å². The van der Waals surface area contributed by atoms with E-state index in [4.69, 9.17) is 9.47 Å². The van der Waals surface area contributed by atoms with Crippen LogP contribution < -0.4 is 78.8 Å². The quantitative estimate of drug-likeness (QED) is 0.103. The van der Waals surface area contributed by atoms with Gasteiger partial charge in [0, 0.05) is 36.2 Å². The molecule has 0 atom stereocenters. The van der Waals surface area contributed by atoms with Crippen molar-refractivity contribution >= 4 is 11.9 Å². The fourth-order valence-electron chi connectivity index (χ4n) is 4.04. The van der Waals surface area contributed by atoms with Gasteiger partial charge in [0.15, 0.2) is 0 Å². The third-order valence-electron chi connectivity index (χ3n) is 6.00. The van der Waals surface area contributed by atoms with Crippen molar-refractivity contribution in [3.05, 3.63) is 60.9 Å². The molecule has 12 nitrogen and oxygen atoms in total. The Hall–Kier alpha value is -2.74. The van der Waals surface area contributed by atoms with E-state index in [1.807, 2.05) is 48.5 Å². The number of carbonyl (C=O) groups excluding carboxylic acids is 2. The van der Waals surface area contributed by atoms with E-state index in [2.05, 4.69) is 20.6 Å². The number of unbranched alkanes of at least 4 members (excludes halogenated alkanes) is 2. The molecular formula is C28H32N6Na2O6. The SMILES string of the molecule is COc1ccccc1-c1cnnn1CCCCC(=O)[O-].COc1ccccc1-c1cnnn1CCCCC(=O)[O-].[Na+].[Na+]. The predicted molar refractivity (Wildman–Crippen MR) is 142 cm³/mol. The van der Waals surface area contributed by atoms with Gasteiger partial charge in [0.2, 0.25) is 0 Å². The van der Waals surface area contributed by atoms with Crippen LogP contribution in [0.4, 0.5) is 0 Å². The summed E-state index contributed by atoms with van der Waals surface area (Å²) in [6.45, 7) is 1.22. The summed E-state index contributed by atoms with van der Waals surface area (Å²) in [5.74, 6) is -0.529. The van der Waals surface area contributed by atoms with Gasteiger partial charge in [-0.3, -0.25) is 0 Å². The van der Waals surface area contributed by atoms with Crippen LogP contribution in [0.3, 0.4) is 0 Å². The van der Waals surface area contributed by atoms with E-state index in [-0.39, 0.29) is 72.0 Å². The molecular weight excluding hydrogens is 562 g/mol. The maximum atomic E-state index is 10.4. The van der Waals surface area contributed by atoms with E-state index in [1.54, 1.807) is 36.0 Å². The van der Waals surface area contributed by atoms with Crippen LogP contribution in [0, 0.1) is 0 Å². The Morgan fingerprint density at radius 1 is 0.667 bits per heavy atom. The molecule has 0 aliphatic rings. The summed E-state index contributed by atoms with van der Waals surface area (Å²) in [4.78, 5) is 20.7. The molecule has 0 amide bonds. The van der Waals surface area contributed by atoms with E-state index in [1.165, 1.54) is 0 Å². The Morgan fingerprint density at radius 2 is 1.05 bits per heavy atom. The van der Waals surface area contributed by atoms with E-state index < -0.39 is 11.9 Å². The molecule has 4 aromatic rings. The first kappa shape index (κ1) is 37.3. The second kappa shape index (κ2) is 20.2. The average molecular weight is 595 g/mol.